The first-order valence-electron chi connectivity index (χ1n) is 11.4. The molecule has 3 N–H and O–H groups in total. The Bertz CT molecular complexity index is 1280. The number of nitrogens with one attached hydrogen (secondary N) is 3. The highest BCUT2D eigenvalue weighted by atomic mass is 16.1. The van der Waals surface area contributed by atoms with Gasteiger partial charge in [-0.15, -0.1) is 0 Å². The van der Waals surface area contributed by atoms with E-state index in [1.165, 1.54) is 50.0 Å². The predicted molar refractivity (Wildman–Crippen MR) is 129 cm³/mol. The number of aryl methyl sites for hydroxylation is 1. The van der Waals surface area contributed by atoms with Gasteiger partial charge in [0.15, 0.2) is 5.65 Å². The van der Waals surface area contributed by atoms with Crippen molar-refractivity contribution in [2.75, 3.05) is 12.4 Å². The molecule has 0 atom stereocenters. The summed E-state index contributed by atoms with van der Waals surface area (Å²) in [5, 5.41) is 3.97. The average Bonchev–Trinajstić information content (AvgIpc) is 3.35. The lowest BCUT2D eigenvalue weighted by Gasteiger charge is -2.31. The predicted octanol–water partition coefficient (Wildman–Crippen LogP) is 5.14. The molecule has 1 saturated carbocycles. The molecule has 0 radical (unpaired) electrons. The maximum absolute atomic E-state index is 11.6. The normalized spacial score (nSPS) is 15.1. The lowest BCUT2D eigenvalue weighted by atomic mass is 9.94. The van der Waals surface area contributed by atoms with Crippen LogP contribution in [0.15, 0.2) is 30.3 Å². The van der Waals surface area contributed by atoms with Crippen molar-refractivity contribution in [1.29, 1.82) is 0 Å². The molecule has 1 aliphatic rings. The number of benzene rings is 1. The van der Waals surface area contributed by atoms with E-state index in [0.29, 0.717) is 17.5 Å². The SMILES string of the molecule is CC(=O)Nc1cc(-c2cc3cc(CN(C)C4CCCCC4)ccc3[nH]2)c2[nH]c(C)nc2n1. The number of H-pyrrole nitrogens is 2. The first-order chi connectivity index (χ1) is 15.5. The fraction of sp³-hybridized carbons (Fsp3) is 0.400. The molecule has 3 heterocycles. The number of anilines is 1. The molecule has 4 aromatic rings. The molecular formula is C25H30N6O. The van der Waals surface area contributed by atoms with Crippen molar-refractivity contribution in [2.24, 2.45) is 0 Å². The van der Waals surface area contributed by atoms with E-state index in [4.69, 9.17) is 0 Å². The van der Waals surface area contributed by atoms with E-state index in [9.17, 15) is 4.79 Å². The largest absolute Gasteiger partial charge is 0.354 e. The molecule has 166 valence electrons. The quantitative estimate of drug-likeness (QED) is 0.409. The van der Waals surface area contributed by atoms with E-state index in [1.807, 2.05) is 13.0 Å². The Labute approximate surface area is 187 Å². The Balaban J connectivity index is 1.48. The van der Waals surface area contributed by atoms with Crippen LogP contribution < -0.4 is 5.32 Å². The van der Waals surface area contributed by atoms with Gasteiger partial charge in [-0.05, 0) is 56.6 Å². The van der Waals surface area contributed by atoms with Gasteiger partial charge in [0.25, 0.3) is 0 Å². The van der Waals surface area contributed by atoms with Crippen molar-refractivity contribution in [1.82, 2.24) is 24.8 Å². The summed E-state index contributed by atoms with van der Waals surface area (Å²) in [5.41, 5.74) is 5.79. The van der Waals surface area contributed by atoms with Crippen molar-refractivity contribution < 1.29 is 4.79 Å². The van der Waals surface area contributed by atoms with Gasteiger partial charge < -0.3 is 15.3 Å². The van der Waals surface area contributed by atoms with Gasteiger partial charge >= 0.3 is 0 Å². The third kappa shape index (κ3) is 4.12. The van der Waals surface area contributed by atoms with Gasteiger partial charge in [-0.3, -0.25) is 9.69 Å². The molecule has 5 rings (SSSR count). The Morgan fingerprint density at radius 3 is 2.72 bits per heavy atom. The maximum atomic E-state index is 11.6. The molecule has 1 aliphatic carbocycles. The summed E-state index contributed by atoms with van der Waals surface area (Å²) in [5.74, 6) is 1.14. The first kappa shape index (κ1) is 20.7. The number of imidazole rings is 1. The number of rotatable bonds is 5. The summed E-state index contributed by atoms with van der Waals surface area (Å²) >= 11 is 0. The minimum Gasteiger partial charge on any atom is -0.354 e. The number of amides is 1. The summed E-state index contributed by atoms with van der Waals surface area (Å²) < 4.78 is 0. The molecule has 0 saturated heterocycles. The molecular weight excluding hydrogens is 400 g/mol. The monoisotopic (exact) mass is 430 g/mol. The van der Waals surface area contributed by atoms with Gasteiger partial charge in [0, 0.05) is 41.7 Å². The molecule has 3 aromatic heterocycles. The van der Waals surface area contributed by atoms with Crippen LogP contribution in [-0.4, -0.2) is 43.8 Å². The van der Waals surface area contributed by atoms with Crippen molar-refractivity contribution in [3.8, 4) is 11.3 Å². The molecule has 1 amide bonds. The number of nitrogens with zero attached hydrogens (tertiary/aromatic N) is 3. The van der Waals surface area contributed by atoms with Crippen LogP contribution in [0.1, 0.15) is 50.4 Å². The van der Waals surface area contributed by atoms with E-state index in [2.05, 4.69) is 61.5 Å². The van der Waals surface area contributed by atoms with Crippen molar-refractivity contribution in [2.45, 2.75) is 58.5 Å². The highest BCUT2D eigenvalue weighted by Crippen LogP contribution is 2.32. The zero-order valence-corrected chi connectivity index (χ0v) is 19.0. The second-order valence-electron chi connectivity index (χ2n) is 9.07. The highest BCUT2D eigenvalue weighted by molar-refractivity contribution is 5.97. The molecule has 0 bridgehead atoms. The van der Waals surface area contributed by atoms with Gasteiger partial charge in [-0.1, -0.05) is 25.3 Å². The summed E-state index contributed by atoms with van der Waals surface area (Å²) in [6.07, 6.45) is 6.70. The van der Waals surface area contributed by atoms with Crippen molar-refractivity contribution in [3.05, 3.63) is 41.7 Å². The highest BCUT2D eigenvalue weighted by Gasteiger charge is 2.18. The van der Waals surface area contributed by atoms with Gasteiger partial charge in [-0.25, -0.2) is 9.97 Å². The Hall–Kier alpha value is -3.19. The standard InChI is InChI=1S/C25H30N6O/c1-15-26-24-20(13-23(28-16(2)32)30-25(24)27-15)22-12-18-11-17(9-10-21(18)29-22)14-31(3)19-7-5-4-6-8-19/h9-13,19,29H,4-8,14H2,1-3H3,(H2,26,27,28,30,32). The van der Waals surface area contributed by atoms with E-state index in [1.54, 1.807) is 0 Å². The third-order valence-corrected chi connectivity index (χ3v) is 6.49. The molecule has 1 fully saturated rings. The third-order valence-electron chi connectivity index (χ3n) is 6.49. The second kappa shape index (κ2) is 8.39. The van der Waals surface area contributed by atoms with E-state index < -0.39 is 0 Å². The second-order valence-corrected chi connectivity index (χ2v) is 9.07. The van der Waals surface area contributed by atoms with Crippen molar-refractivity contribution >= 4 is 33.8 Å². The molecule has 32 heavy (non-hydrogen) atoms. The number of hydrogen-bond acceptors (Lipinski definition) is 4. The number of pyridine rings is 1. The Morgan fingerprint density at radius 2 is 1.94 bits per heavy atom. The Morgan fingerprint density at radius 1 is 1.12 bits per heavy atom. The van der Waals surface area contributed by atoms with Crippen LogP contribution in [0.2, 0.25) is 0 Å². The summed E-state index contributed by atoms with van der Waals surface area (Å²) in [6, 6.07) is 11.4. The average molecular weight is 431 g/mol. The summed E-state index contributed by atoms with van der Waals surface area (Å²) in [7, 11) is 2.25. The van der Waals surface area contributed by atoms with Gasteiger partial charge in [0.1, 0.15) is 11.6 Å². The van der Waals surface area contributed by atoms with Crippen LogP contribution in [0.3, 0.4) is 0 Å². The zero-order chi connectivity index (χ0) is 22.2. The van der Waals surface area contributed by atoms with Crippen LogP contribution in [0.5, 0.6) is 0 Å². The minimum atomic E-state index is -0.154. The number of hydrogen-bond donors (Lipinski definition) is 3. The molecule has 0 unspecified atom stereocenters. The molecule has 7 nitrogen and oxygen atoms in total. The van der Waals surface area contributed by atoms with Crippen LogP contribution in [-0.2, 0) is 11.3 Å². The lowest BCUT2D eigenvalue weighted by molar-refractivity contribution is -0.114. The minimum absolute atomic E-state index is 0.154. The fourth-order valence-electron chi connectivity index (χ4n) is 4.92. The van der Waals surface area contributed by atoms with Crippen LogP contribution in [0.25, 0.3) is 33.3 Å². The molecule has 1 aromatic carbocycles. The Kier molecular flexibility index (Phi) is 5.43. The van der Waals surface area contributed by atoms with Crippen molar-refractivity contribution in [3.63, 3.8) is 0 Å². The van der Waals surface area contributed by atoms with E-state index in [0.717, 1.165) is 34.7 Å². The molecule has 0 aliphatic heterocycles. The van der Waals surface area contributed by atoms with E-state index >= 15 is 0 Å². The van der Waals surface area contributed by atoms with E-state index in [-0.39, 0.29) is 5.91 Å². The summed E-state index contributed by atoms with van der Waals surface area (Å²) in [4.78, 5) is 29.9. The number of aromatic nitrogens is 4. The molecule has 7 heteroatoms. The van der Waals surface area contributed by atoms with Gasteiger partial charge in [-0.2, -0.15) is 0 Å². The number of carbonyl (C=O) groups excluding carboxylic acids is 1. The molecule has 0 spiro atoms. The number of aromatic amines is 2. The van der Waals surface area contributed by atoms with Gasteiger partial charge in [0.05, 0.1) is 5.52 Å². The number of fused-ring (bicyclic) bond motifs is 2. The van der Waals surface area contributed by atoms with Gasteiger partial charge in [0.2, 0.25) is 5.91 Å². The topological polar surface area (TPSA) is 89.7 Å². The lowest BCUT2D eigenvalue weighted by Crippen LogP contribution is -2.32. The summed E-state index contributed by atoms with van der Waals surface area (Å²) in [6.45, 7) is 4.35. The smallest absolute Gasteiger partial charge is 0.222 e. The van der Waals surface area contributed by atoms with Crippen LogP contribution in [0.4, 0.5) is 5.82 Å². The number of carbonyl (C=O) groups is 1. The van der Waals surface area contributed by atoms with Crippen LogP contribution in [0, 0.1) is 6.92 Å². The maximum Gasteiger partial charge on any atom is 0.222 e. The zero-order valence-electron chi connectivity index (χ0n) is 19.0. The first-order valence-corrected chi connectivity index (χ1v) is 11.4. The van der Waals surface area contributed by atoms with Crippen LogP contribution >= 0.6 is 0 Å². The fourth-order valence-corrected chi connectivity index (χ4v) is 4.92.